The molecule has 1 aliphatic rings. The van der Waals surface area contributed by atoms with E-state index in [4.69, 9.17) is 16.7 Å². The molecule has 2 rings (SSSR count). The highest BCUT2D eigenvalue weighted by Crippen LogP contribution is 2.29. The first-order chi connectivity index (χ1) is 8.16. The molecule has 0 bridgehead atoms. The van der Waals surface area contributed by atoms with Crippen molar-refractivity contribution < 1.29 is 9.90 Å². The molecule has 17 heavy (non-hydrogen) atoms. The van der Waals surface area contributed by atoms with E-state index in [-0.39, 0.29) is 6.42 Å². The third-order valence-corrected chi connectivity index (χ3v) is 3.66. The van der Waals surface area contributed by atoms with Crippen molar-refractivity contribution in [2.24, 2.45) is 0 Å². The highest BCUT2D eigenvalue weighted by Gasteiger charge is 2.13. The van der Waals surface area contributed by atoms with Crippen molar-refractivity contribution in [3.63, 3.8) is 0 Å². The Kier molecular flexibility index (Phi) is 4.06. The fourth-order valence-electron chi connectivity index (χ4n) is 2.46. The largest absolute Gasteiger partial charge is 0.481 e. The van der Waals surface area contributed by atoms with E-state index in [0.29, 0.717) is 6.42 Å². The van der Waals surface area contributed by atoms with Crippen LogP contribution in [0.5, 0.6) is 0 Å². The van der Waals surface area contributed by atoms with Crippen LogP contribution in [0.3, 0.4) is 0 Å². The highest BCUT2D eigenvalue weighted by atomic mass is 35.5. The first kappa shape index (κ1) is 12.4. The Morgan fingerprint density at radius 2 is 2.06 bits per heavy atom. The summed E-state index contributed by atoms with van der Waals surface area (Å²) >= 11 is 6.27. The molecule has 0 atom stereocenters. The summed E-state index contributed by atoms with van der Waals surface area (Å²) in [5, 5.41) is 9.48. The number of rotatable bonds is 4. The van der Waals surface area contributed by atoms with Gasteiger partial charge in [0.25, 0.3) is 0 Å². The summed E-state index contributed by atoms with van der Waals surface area (Å²) < 4.78 is 0. The Bertz CT molecular complexity index is 426. The minimum absolute atomic E-state index is 0.231. The van der Waals surface area contributed by atoms with Gasteiger partial charge in [-0.2, -0.15) is 0 Å². The van der Waals surface area contributed by atoms with Gasteiger partial charge in [0.05, 0.1) is 0 Å². The molecule has 0 fully saturated rings. The molecule has 0 saturated carbocycles. The molecule has 92 valence electrons. The van der Waals surface area contributed by atoms with Crippen LogP contribution in [-0.2, 0) is 24.1 Å². The highest BCUT2D eigenvalue weighted by molar-refractivity contribution is 6.31. The Balaban J connectivity index is 2.08. The van der Waals surface area contributed by atoms with Crippen LogP contribution in [-0.4, -0.2) is 11.1 Å². The van der Waals surface area contributed by atoms with Crippen molar-refractivity contribution in [2.45, 2.75) is 44.9 Å². The third kappa shape index (κ3) is 3.22. The minimum Gasteiger partial charge on any atom is -0.481 e. The summed E-state index contributed by atoms with van der Waals surface area (Å²) in [5.41, 5.74) is 3.85. The summed E-state index contributed by atoms with van der Waals surface area (Å²) in [7, 11) is 0. The summed E-state index contributed by atoms with van der Waals surface area (Å²) in [6.07, 6.45) is 6.39. The molecule has 2 nitrogen and oxygen atoms in total. The average Bonchev–Trinajstić information content (AvgIpc) is 2.28. The fourth-order valence-corrected chi connectivity index (χ4v) is 2.82. The van der Waals surface area contributed by atoms with Crippen LogP contribution in [0.15, 0.2) is 12.1 Å². The van der Waals surface area contributed by atoms with Gasteiger partial charge in [-0.15, -0.1) is 0 Å². The number of aryl methyl sites for hydroxylation is 2. The molecule has 3 heteroatoms. The predicted molar refractivity (Wildman–Crippen MR) is 68.7 cm³/mol. The summed E-state index contributed by atoms with van der Waals surface area (Å²) in [6.45, 7) is 0. The van der Waals surface area contributed by atoms with Crippen LogP contribution in [0.2, 0.25) is 5.02 Å². The van der Waals surface area contributed by atoms with Crippen LogP contribution in [0.25, 0.3) is 0 Å². The predicted octanol–water partition coefficient (Wildman–Crippen LogP) is 3.63. The quantitative estimate of drug-likeness (QED) is 0.889. The van der Waals surface area contributed by atoms with E-state index < -0.39 is 5.97 Å². The molecule has 0 saturated heterocycles. The van der Waals surface area contributed by atoms with Gasteiger partial charge in [-0.1, -0.05) is 17.7 Å². The van der Waals surface area contributed by atoms with E-state index in [9.17, 15) is 4.79 Å². The van der Waals surface area contributed by atoms with Crippen LogP contribution in [0.4, 0.5) is 0 Å². The van der Waals surface area contributed by atoms with Crippen molar-refractivity contribution in [1.29, 1.82) is 0 Å². The monoisotopic (exact) mass is 252 g/mol. The second-order valence-electron chi connectivity index (χ2n) is 4.67. The second-order valence-corrected chi connectivity index (χ2v) is 5.08. The summed E-state index contributed by atoms with van der Waals surface area (Å²) in [5.74, 6) is -0.728. The van der Waals surface area contributed by atoms with E-state index in [1.54, 1.807) is 0 Å². The Morgan fingerprint density at radius 1 is 1.29 bits per heavy atom. The molecule has 0 aliphatic heterocycles. The lowest BCUT2D eigenvalue weighted by molar-refractivity contribution is -0.137. The minimum atomic E-state index is -0.728. The van der Waals surface area contributed by atoms with Gasteiger partial charge >= 0.3 is 5.97 Å². The first-order valence-electron chi connectivity index (χ1n) is 6.19. The Morgan fingerprint density at radius 3 is 2.82 bits per heavy atom. The van der Waals surface area contributed by atoms with Gasteiger partial charge in [0.15, 0.2) is 0 Å². The molecule has 0 unspecified atom stereocenters. The Labute approximate surface area is 107 Å². The zero-order valence-corrected chi connectivity index (χ0v) is 10.6. The maximum absolute atomic E-state index is 10.5. The fraction of sp³-hybridized carbons (Fsp3) is 0.500. The summed E-state index contributed by atoms with van der Waals surface area (Å²) in [6, 6.07) is 4.22. The van der Waals surface area contributed by atoms with E-state index in [1.165, 1.54) is 29.5 Å². The number of fused-ring (bicyclic) bond motifs is 1. The van der Waals surface area contributed by atoms with Crippen molar-refractivity contribution in [3.8, 4) is 0 Å². The average molecular weight is 253 g/mol. The van der Waals surface area contributed by atoms with Gasteiger partial charge in [0.2, 0.25) is 0 Å². The lowest BCUT2D eigenvalue weighted by Gasteiger charge is -2.18. The normalized spacial score (nSPS) is 14.4. The van der Waals surface area contributed by atoms with E-state index in [1.807, 2.05) is 6.07 Å². The van der Waals surface area contributed by atoms with Gasteiger partial charge in [-0.25, -0.2) is 0 Å². The van der Waals surface area contributed by atoms with Crippen molar-refractivity contribution >= 4 is 17.6 Å². The SMILES string of the molecule is O=C(O)CCCc1cc(Cl)c2c(c1)CCCC2. The standard InChI is InChI=1S/C14H17ClO2/c15-13-9-10(4-3-7-14(16)17)8-11-5-1-2-6-12(11)13/h8-9H,1-7H2,(H,16,17). The maximum Gasteiger partial charge on any atom is 0.303 e. The van der Waals surface area contributed by atoms with Gasteiger partial charge in [0.1, 0.15) is 0 Å². The zero-order chi connectivity index (χ0) is 12.3. The number of carboxylic acid groups (broad SMARTS) is 1. The number of benzene rings is 1. The number of carboxylic acids is 1. The summed E-state index contributed by atoms with van der Waals surface area (Å²) in [4.78, 5) is 10.5. The topological polar surface area (TPSA) is 37.3 Å². The number of halogens is 1. The molecular weight excluding hydrogens is 236 g/mol. The first-order valence-corrected chi connectivity index (χ1v) is 6.56. The van der Waals surface area contributed by atoms with Gasteiger partial charge in [-0.3, -0.25) is 4.79 Å². The molecule has 0 spiro atoms. The van der Waals surface area contributed by atoms with Gasteiger partial charge in [-0.05, 0) is 61.3 Å². The number of aliphatic carboxylic acids is 1. The molecule has 0 radical (unpaired) electrons. The van der Waals surface area contributed by atoms with E-state index in [0.717, 1.165) is 24.3 Å². The molecule has 0 heterocycles. The molecule has 1 aromatic rings. The zero-order valence-electron chi connectivity index (χ0n) is 9.84. The molecule has 1 aromatic carbocycles. The van der Waals surface area contributed by atoms with Gasteiger partial charge in [0, 0.05) is 11.4 Å². The Hall–Kier alpha value is -1.02. The van der Waals surface area contributed by atoms with E-state index in [2.05, 4.69) is 6.07 Å². The van der Waals surface area contributed by atoms with Gasteiger partial charge < -0.3 is 5.11 Å². The maximum atomic E-state index is 10.5. The van der Waals surface area contributed by atoms with Crippen LogP contribution in [0, 0.1) is 0 Å². The lowest BCUT2D eigenvalue weighted by Crippen LogP contribution is -2.05. The third-order valence-electron chi connectivity index (χ3n) is 3.33. The van der Waals surface area contributed by atoms with Crippen molar-refractivity contribution in [3.05, 3.63) is 33.8 Å². The molecule has 1 aliphatic carbocycles. The van der Waals surface area contributed by atoms with Crippen molar-refractivity contribution in [2.75, 3.05) is 0 Å². The molecular formula is C14H17ClO2. The van der Waals surface area contributed by atoms with Crippen molar-refractivity contribution in [1.82, 2.24) is 0 Å². The van der Waals surface area contributed by atoms with Crippen LogP contribution >= 0.6 is 11.6 Å². The number of hydrogen-bond acceptors (Lipinski definition) is 1. The molecule has 0 aromatic heterocycles. The smallest absolute Gasteiger partial charge is 0.303 e. The molecule has 0 amide bonds. The number of hydrogen-bond donors (Lipinski definition) is 1. The second kappa shape index (κ2) is 5.54. The molecule has 1 N–H and O–H groups in total. The van der Waals surface area contributed by atoms with E-state index >= 15 is 0 Å². The van der Waals surface area contributed by atoms with Crippen LogP contribution in [0.1, 0.15) is 42.4 Å². The van der Waals surface area contributed by atoms with Crippen LogP contribution < -0.4 is 0 Å². The lowest BCUT2D eigenvalue weighted by atomic mass is 9.89. The number of carbonyl (C=O) groups is 1.